The van der Waals surface area contributed by atoms with Crippen LogP contribution in [0.2, 0.25) is 0 Å². The van der Waals surface area contributed by atoms with Crippen molar-refractivity contribution in [3.8, 4) is 0 Å². The maximum atomic E-state index is 13.3. The van der Waals surface area contributed by atoms with Gasteiger partial charge in [-0.3, -0.25) is 4.79 Å². The van der Waals surface area contributed by atoms with Crippen LogP contribution in [0.4, 0.5) is 0 Å². The fourth-order valence-electron chi connectivity index (χ4n) is 5.28. The molecule has 0 saturated carbocycles. The Morgan fingerprint density at radius 1 is 1.19 bits per heavy atom. The van der Waals surface area contributed by atoms with E-state index in [0.29, 0.717) is 6.54 Å². The Kier molecular flexibility index (Phi) is 5.58. The minimum atomic E-state index is -0.189. The zero-order valence-electron chi connectivity index (χ0n) is 18.4. The average Bonchev–Trinajstić information content (AvgIpc) is 3.43. The third-order valence-electron chi connectivity index (χ3n) is 6.76. The summed E-state index contributed by atoms with van der Waals surface area (Å²) in [4.78, 5) is 17.9. The monoisotopic (exact) mass is 423 g/mol. The second-order valence-electron chi connectivity index (χ2n) is 9.11. The summed E-state index contributed by atoms with van der Waals surface area (Å²) in [6.07, 6.45) is 5.79. The van der Waals surface area contributed by atoms with E-state index in [1.807, 2.05) is 11.6 Å². The van der Waals surface area contributed by atoms with Crippen LogP contribution in [-0.4, -0.2) is 51.0 Å². The summed E-state index contributed by atoms with van der Waals surface area (Å²) < 4.78 is 7.70. The van der Waals surface area contributed by atoms with Crippen LogP contribution >= 0.6 is 0 Å². The number of nitrogens with one attached hydrogen (secondary N) is 2. The number of ether oxygens (including phenoxy) is 1. The predicted octanol–water partition coefficient (Wildman–Crippen LogP) is 1.47. The molecule has 0 radical (unpaired) electrons. The largest absolute Gasteiger partial charge is 0.376 e. The standard InChI is InChI=1S/C23H30N6O2/c1-15-11-16(2)20-17(12-15)13-19(23(30)24-20)21(28-8-4-3-5-9-28)22-25-26-27-29(22)14-18-7-6-10-31-18/h11-13,18,21H,3-10,14H2,1-2H3,(H,24,30)/p+1/t18-,21+/m1/s1. The number of nitrogens with zero attached hydrogens (tertiary/aromatic N) is 4. The van der Waals surface area contributed by atoms with Gasteiger partial charge in [0.15, 0.2) is 6.04 Å². The normalized spacial score (nSPS) is 21.0. The molecule has 4 heterocycles. The number of pyridine rings is 1. The molecule has 0 spiro atoms. The summed E-state index contributed by atoms with van der Waals surface area (Å²) in [6, 6.07) is 6.12. The number of H-pyrrole nitrogens is 1. The molecule has 8 heteroatoms. The highest BCUT2D eigenvalue weighted by Gasteiger charge is 2.35. The van der Waals surface area contributed by atoms with Gasteiger partial charge in [0.2, 0.25) is 5.82 Å². The van der Waals surface area contributed by atoms with E-state index < -0.39 is 0 Å². The fraction of sp³-hybridized carbons (Fsp3) is 0.565. The van der Waals surface area contributed by atoms with E-state index >= 15 is 0 Å². The number of rotatable bonds is 5. The number of quaternary nitrogens is 1. The van der Waals surface area contributed by atoms with Gasteiger partial charge in [-0.15, -0.1) is 5.10 Å². The summed E-state index contributed by atoms with van der Waals surface area (Å²) in [5.41, 5.74) is 3.88. The van der Waals surface area contributed by atoms with Gasteiger partial charge >= 0.3 is 0 Å². The van der Waals surface area contributed by atoms with Gasteiger partial charge in [-0.2, -0.15) is 0 Å². The van der Waals surface area contributed by atoms with E-state index in [2.05, 4.69) is 45.6 Å². The number of piperidine rings is 1. The third kappa shape index (κ3) is 4.02. The van der Waals surface area contributed by atoms with E-state index in [9.17, 15) is 4.79 Å². The molecule has 1 aromatic carbocycles. The minimum Gasteiger partial charge on any atom is -0.376 e. The Morgan fingerprint density at radius 3 is 2.81 bits per heavy atom. The second-order valence-corrected chi connectivity index (χ2v) is 9.11. The van der Waals surface area contributed by atoms with Gasteiger partial charge in [0.25, 0.3) is 5.56 Å². The van der Waals surface area contributed by atoms with E-state index in [4.69, 9.17) is 4.74 Å². The van der Waals surface area contributed by atoms with Crippen LogP contribution < -0.4 is 10.5 Å². The molecule has 2 aliphatic rings. The van der Waals surface area contributed by atoms with Crippen molar-refractivity contribution >= 4 is 10.9 Å². The van der Waals surface area contributed by atoms with Crippen molar-refractivity contribution < 1.29 is 9.64 Å². The topological polar surface area (TPSA) is 90.1 Å². The van der Waals surface area contributed by atoms with Gasteiger partial charge in [-0.25, -0.2) is 4.68 Å². The lowest BCUT2D eigenvalue weighted by Gasteiger charge is -2.30. The fourth-order valence-corrected chi connectivity index (χ4v) is 5.28. The number of fused-ring (bicyclic) bond motifs is 1. The molecule has 3 aromatic rings. The molecule has 8 nitrogen and oxygen atoms in total. The number of tetrazole rings is 1. The van der Waals surface area contributed by atoms with E-state index in [-0.39, 0.29) is 17.7 Å². The quantitative estimate of drug-likeness (QED) is 0.649. The van der Waals surface area contributed by atoms with Gasteiger partial charge in [-0.1, -0.05) is 11.6 Å². The van der Waals surface area contributed by atoms with Crippen molar-refractivity contribution in [2.45, 2.75) is 64.6 Å². The zero-order valence-corrected chi connectivity index (χ0v) is 18.4. The van der Waals surface area contributed by atoms with Gasteiger partial charge in [0.1, 0.15) is 0 Å². The van der Waals surface area contributed by atoms with Crippen molar-refractivity contribution in [1.82, 2.24) is 25.2 Å². The SMILES string of the molecule is Cc1cc(C)c2[nH]c(=O)c([C@@H](c3nnnn3C[C@H]3CCCO3)[NH+]3CCCCC3)cc2c1. The molecule has 31 heavy (non-hydrogen) atoms. The highest BCUT2D eigenvalue weighted by atomic mass is 16.5. The summed E-state index contributed by atoms with van der Waals surface area (Å²) in [6.45, 7) is 7.60. The lowest BCUT2D eigenvalue weighted by atomic mass is 9.99. The minimum absolute atomic E-state index is 0.0470. The van der Waals surface area contributed by atoms with Crippen LogP contribution in [-0.2, 0) is 11.3 Å². The molecule has 0 aliphatic carbocycles. The summed E-state index contributed by atoms with van der Waals surface area (Å²) in [5.74, 6) is 0.765. The Labute approximate surface area is 181 Å². The molecular formula is C23H31N6O2+. The van der Waals surface area contributed by atoms with Gasteiger partial charge in [-0.05, 0) is 79.5 Å². The lowest BCUT2D eigenvalue weighted by Crippen LogP contribution is -3.13. The molecule has 164 valence electrons. The van der Waals surface area contributed by atoms with Crippen LogP contribution in [0.1, 0.15) is 60.7 Å². The number of benzene rings is 1. The van der Waals surface area contributed by atoms with Gasteiger partial charge in [0.05, 0.1) is 36.8 Å². The molecule has 2 N–H and O–H groups in total. The number of aromatic nitrogens is 5. The zero-order chi connectivity index (χ0) is 21.4. The first kappa shape index (κ1) is 20.3. The molecular weight excluding hydrogens is 392 g/mol. The average molecular weight is 424 g/mol. The van der Waals surface area contributed by atoms with Crippen LogP contribution in [0.5, 0.6) is 0 Å². The van der Waals surface area contributed by atoms with Crippen molar-refractivity contribution in [1.29, 1.82) is 0 Å². The lowest BCUT2D eigenvalue weighted by molar-refractivity contribution is -0.931. The Bertz CT molecular complexity index is 1120. The highest BCUT2D eigenvalue weighted by molar-refractivity contribution is 5.83. The maximum absolute atomic E-state index is 13.3. The summed E-state index contributed by atoms with van der Waals surface area (Å²) in [7, 11) is 0. The van der Waals surface area contributed by atoms with Gasteiger partial charge in [0, 0.05) is 6.61 Å². The molecule has 2 fully saturated rings. The molecule has 2 aliphatic heterocycles. The van der Waals surface area contributed by atoms with Gasteiger partial charge < -0.3 is 14.6 Å². The van der Waals surface area contributed by atoms with Crippen LogP contribution in [0.3, 0.4) is 0 Å². The third-order valence-corrected chi connectivity index (χ3v) is 6.76. The highest BCUT2D eigenvalue weighted by Crippen LogP contribution is 2.23. The maximum Gasteiger partial charge on any atom is 0.258 e. The second kappa shape index (κ2) is 8.51. The number of hydrogen-bond acceptors (Lipinski definition) is 5. The predicted molar refractivity (Wildman–Crippen MR) is 117 cm³/mol. The summed E-state index contributed by atoms with van der Waals surface area (Å²) >= 11 is 0. The number of hydrogen-bond donors (Lipinski definition) is 2. The molecule has 0 amide bonds. The first-order chi connectivity index (χ1) is 15.1. The molecule has 2 aromatic heterocycles. The van der Waals surface area contributed by atoms with Crippen molar-refractivity contribution in [2.75, 3.05) is 19.7 Å². The molecule has 2 saturated heterocycles. The Hall–Kier alpha value is -2.58. The first-order valence-electron chi connectivity index (χ1n) is 11.5. The smallest absolute Gasteiger partial charge is 0.258 e. The first-order valence-corrected chi connectivity index (χ1v) is 11.5. The van der Waals surface area contributed by atoms with Crippen LogP contribution in [0.25, 0.3) is 10.9 Å². The van der Waals surface area contributed by atoms with E-state index in [1.165, 1.54) is 16.9 Å². The molecule has 0 unspecified atom stereocenters. The van der Waals surface area contributed by atoms with Crippen molar-refractivity contribution in [2.24, 2.45) is 0 Å². The molecule has 2 atom stereocenters. The van der Waals surface area contributed by atoms with E-state index in [0.717, 1.165) is 73.2 Å². The number of aryl methyl sites for hydroxylation is 2. The Morgan fingerprint density at radius 2 is 2.03 bits per heavy atom. The summed E-state index contributed by atoms with van der Waals surface area (Å²) in [5, 5.41) is 13.8. The van der Waals surface area contributed by atoms with Crippen molar-refractivity contribution in [3.63, 3.8) is 0 Å². The molecule has 0 bridgehead atoms. The number of likely N-dealkylation sites (tertiary alicyclic amines) is 1. The Balaban J connectivity index is 1.62. The van der Waals surface area contributed by atoms with Crippen molar-refractivity contribution in [3.05, 3.63) is 51.1 Å². The molecule has 5 rings (SSSR count). The number of aromatic amines is 1. The van der Waals surface area contributed by atoms with Crippen LogP contribution in [0.15, 0.2) is 23.0 Å². The van der Waals surface area contributed by atoms with E-state index in [1.54, 1.807) is 0 Å². The van der Waals surface area contributed by atoms with Crippen LogP contribution in [0, 0.1) is 13.8 Å².